The van der Waals surface area contributed by atoms with Gasteiger partial charge in [0.1, 0.15) is 0 Å². The van der Waals surface area contributed by atoms with Crippen LogP contribution in [0.25, 0.3) is 0 Å². The van der Waals surface area contributed by atoms with Crippen molar-refractivity contribution in [1.29, 1.82) is 0 Å². The van der Waals surface area contributed by atoms with Crippen molar-refractivity contribution < 1.29 is 28.5 Å². The average molecular weight is 288 g/mol. The predicted octanol–water partition coefficient (Wildman–Crippen LogP) is 1.31. The predicted molar refractivity (Wildman–Crippen MR) is 71.2 cm³/mol. The Hall–Kier alpha value is -1.14. The topological polar surface area (TPSA) is 71.1 Å². The van der Waals surface area contributed by atoms with E-state index in [9.17, 15) is 9.59 Å². The third-order valence-corrected chi connectivity index (χ3v) is 3.13. The van der Waals surface area contributed by atoms with Crippen molar-refractivity contribution in [3.8, 4) is 0 Å². The van der Waals surface area contributed by atoms with Crippen molar-refractivity contribution in [2.24, 2.45) is 5.92 Å². The Balaban J connectivity index is 2.48. The molecule has 0 amide bonds. The van der Waals surface area contributed by atoms with Gasteiger partial charge < -0.3 is 18.9 Å². The zero-order valence-electron chi connectivity index (χ0n) is 12.3. The minimum absolute atomic E-state index is 0.0845. The van der Waals surface area contributed by atoms with E-state index in [1.165, 1.54) is 0 Å². The molecule has 2 unspecified atom stereocenters. The molecule has 0 aromatic carbocycles. The lowest BCUT2D eigenvalue weighted by molar-refractivity contribution is -0.152. The van der Waals surface area contributed by atoms with Gasteiger partial charge in [-0.1, -0.05) is 0 Å². The molecule has 20 heavy (non-hydrogen) atoms. The number of hydrogen-bond acceptors (Lipinski definition) is 6. The van der Waals surface area contributed by atoms with Gasteiger partial charge >= 0.3 is 11.9 Å². The van der Waals surface area contributed by atoms with E-state index < -0.39 is 0 Å². The molecule has 2 atom stereocenters. The first-order valence-corrected chi connectivity index (χ1v) is 7.17. The van der Waals surface area contributed by atoms with Crippen LogP contribution < -0.4 is 0 Å². The maximum Gasteiger partial charge on any atom is 0.306 e. The quantitative estimate of drug-likeness (QED) is 0.627. The van der Waals surface area contributed by atoms with Gasteiger partial charge in [0.2, 0.25) is 0 Å². The molecule has 0 bridgehead atoms. The van der Waals surface area contributed by atoms with Crippen LogP contribution in [0.4, 0.5) is 0 Å². The Morgan fingerprint density at radius 1 is 1.15 bits per heavy atom. The second-order valence-electron chi connectivity index (χ2n) is 4.60. The van der Waals surface area contributed by atoms with Gasteiger partial charge in [0, 0.05) is 6.42 Å². The molecule has 0 aromatic rings. The molecule has 6 nitrogen and oxygen atoms in total. The van der Waals surface area contributed by atoms with Crippen LogP contribution in [0.5, 0.6) is 0 Å². The Morgan fingerprint density at radius 2 is 1.85 bits per heavy atom. The van der Waals surface area contributed by atoms with Crippen LogP contribution in [0.1, 0.15) is 33.1 Å². The fourth-order valence-electron chi connectivity index (χ4n) is 2.17. The van der Waals surface area contributed by atoms with Crippen molar-refractivity contribution in [3.63, 3.8) is 0 Å². The highest BCUT2D eigenvalue weighted by Gasteiger charge is 2.28. The van der Waals surface area contributed by atoms with Crippen LogP contribution >= 0.6 is 0 Å². The molecule has 1 fully saturated rings. The largest absolute Gasteiger partial charge is 0.466 e. The van der Waals surface area contributed by atoms with Gasteiger partial charge in [-0.15, -0.1) is 0 Å². The maximum absolute atomic E-state index is 11.6. The van der Waals surface area contributed by atoms with Gasteiger partial charge in [-0.05, 0) is 26.2 Å². The van der Waals surface area contributed by atoms with E-state index >= 15 is 0 Å². The van der Waals surface area contributed by atoms with Crippen LogP contribution in [0.2, 0.25) is 0 Å². The van der Waals surface area contributed by atoms with Gasteiger partial charge in [-0.2, -0.15) is 0 Å². The average Bonchev–Trinajstić information content (AvgIpc) is 2.45. The Morgan fingerprint density at radius 3 is 2.45 bits per heavy atom. The number of hydrogen-bond donors (Lipinski definition) is 0. The van der Waals surface area contributed by atoms with Gasteiger partial charge in [0.25, 0.3) is 0 Å². The summed E-state index contributed by atoms with van der Waals surface area (Å²) in [6.45, 7) is 5.80. The van der Waals surface area contributed by atoms with E-state index in [1.807, 2.05) is 0 Å². The fourth-order valence-corrected chi connectivity index (χ4v) is 2.17. The van der Waals surface area contributed by atoms with E-state index in [1.54, 1.807) is 13.8 Å². The molecule has 1 aliphatic rings. The van der Waals surface area contributed by atoms with Crippen molar-refractivity contribution in [2.45, 2.75) is 39.2 Å². The second-order valence-corrected chi connectivity index (χ2v) is 4.60. The maximum atomic E-state index is 11.6. The van der Waals surface area contributed by atoms with Crippen LogP contribution in [-0.2, 0) is 28.5 Å². The number of ether oxygens (including phenoxy) is 4. The summed E-state index contributed by atoms with van der Waals surface area (Å²) in [4.78, 5) is 23.1. The van der Waals surface area contributed by atoms with Crippen LogP contribution in [0, 0.1) is 5.92 Å². The molecule has 0 radical (unpaired) electrons. The van der Waals surface area contributed by atoms with E-state index in [4.69, 9.17) is 18.9 Å². The zero-order chi connectivity index (χ0) is 14.8. The summed E-state index contributed by atoms with van der Waals surface area (Å²) in [7, 11) is 0. The fraction of sp³-hybridized carbons (Fsp3) is 0.857. The summed E-state index contributed by atoms with van der Waals surface area (Å²) >= 11 is 0. The molecule has 0 N–H and O–H groups in total. The SMILES string of the molecule is CCOC(=O)CCC(CC(=O)OCC)C1COCCO1. The first-order valence-electron chi connectivity index (χ1n) is 7.17. The summed E-state index contributed by atoms with van der Waals surface area (Å²) in [6, 6.07) is 0. The molecule has 0 aromatic heterocycles. The lowest BCUT2D eigenvalue weighted by Crippen LogP contribution is -2.36. The Bertz CT molecular complexity index is 298. The molecule has 1 aliphatic heterocycles. The molecular formula is C14H24O6. The van der Waals surface area contributed by atoms with Crippen molar-refractivity contribution in [1.82, 2.24) is 0 Å². The number of rotatable bonds is 8. The summed E-state index contributed by atoms with van der Waals surface area (Å²) in [5, 5.41) is 0. The molecular weight excluding hydrogens is 264 g/mol. The highest BCUT2D eigenvalue weighted by Crippen LogP contribution is 2.22. The third-order valence-electron chi connectivity index (χ3n) is 3.13. The second kappa shape index (κ2) is 9.72. The smallest absolute Gasteiger partial charge is 0.306 e. The standard InChI is InChI=1S/C14H24O6/c1-3-18-13(15)6-5-11(9-14(16)19-4-2)12-10-17-7-8-20-12/h11-12H,3-10H2,1-2H3. The van der Waals surface area contributed by atoms with E-state index in [2.05, 4.69) is 0 Å². The summed E-state index contributed by atoms with van der Waals surface area (Å²) < 4.78 is 20.9. The zero-order valence-corrected chi connectivity index (χ0v) is 12.3. The molecule has 1 heterocycles. The Kier molecular flexibility index (Phi) is 8.22. The number of carbonyl (C=O) groups is 2. The van der Waals surface area contributed by atoms with Crippen LogP contribution in [0.3, 0.4) is 0 Å². The third kappa shape index (κ3) is 6.34. The van der Waals surface area contributed by atoms with Crippen LogP contribution in [-0.4, -0.2) is 51.1 Å². The highest BCUT2D eigenvalue weighted by atomic mass is 16.6. The number of esters is 2. The van der Waals surface area contributed by atoms with Crippen LogP contribution in [0.15, 0.2) is 0 Å². The number of carbonyl (C=O) groups excluding carboxylic acids is 2. The lowest BCUT2D eigenvalue weighted by Gasteiger charge is -2.29. The molecule has 0 spiro atoms. The first kappa shape index (κ1) is 16.9. The van der Waals surface area contributed by atoms with Gasteiger partial charge in [0.05, 0.1) is 45.6 Å². The van der Waals surface area contributed by atoms with Crippen molar-refractivity contribution in [2.75, 3.05) is 33.0 Å². The molecule has 1 saturated heterocycles. The highest BCUT2D eigenvalue weighted by molar-refractivity contribution is 5.71. The molecule has 0 saturated carbocycles. The van der Waals surface area contributed by atoms with Gasteiger partial charge in [0.15, 0.2) is 0 Å². The molecule has 1 rings (SSSR count). The lowest BCUT2D eigenvalue weighted by atomic mass is 9.93. The van der Waals surface area contributed by atoms with E-state index in [0.29, 0.717) is 39.5 Å². The Labute approximate surface area is 119 Å². The molecule has 6 heteroatoms. The van der Waals surface area contributed by atoms with E-state index in [-0.39, 0.29) is 36.8 Å². The summed E-state index contributed by atoms with van der Waals surface area (Å²) in [5.41, 5.74) is 0. The monoisotopic (exact) mass is 288 g/mol. The summed E-state index contributed by atoms with van der Waals surface area (Å²) in [6.07, 6.45) is 0.882. The molecule has 0 aliphatic carbocycles. The molecule has 116 valence electrons. The van der Waals surface area contributed by atoms with Gasteiger partial charge in [-0.3, -0.25) is 9.59 Å². The van der Waals surface area contributed by atoms with Crippen molar-refractivity contribution in [3.05, 3.63) is 0 Å². The minimum Gasteiger partial charge on any atom is -0.466 e. The normalized spacial score (nSPS) is 20.2. The first-order chi connectivity index (χ1) is 9.67. The van der Waals surface area contributed by atoms with E-state index in [0.717, 1.165) is 0 Å². The van der Waals surface area contributed by atoms with Gasteiger partial charge in [-0.25, -0.2) is 0 Å². The minimum atomic E-state index is -0.268. The van der Waals surface area contributed by atoms with Crippen molar-refractivity contribution >= 4 is 11.9 Å². The summed E-state index contributed by atoms with van der Waals surface area (Å²) in [5.74, 6) is -0.604.